The molecule has 19 heteroatoms. The van der Waals surface area contributed by atoms with E-state index in [1.54, 1.807) is 0 Å². The number of carbonyl (C=O) groups is 1. The molecule has 3 fully saturated rings. The molecule has 0 aromatic heterocycles. The van der Waals surface area contributed by atoms with Gasteiger partial charge in [-0.05, 0) is 83.5 Å². The minimum absolute atomic E-state index is 0.247. The molecule has 3 aliphatic heterocycles. The lowest BCUT2D eigenvalue weighted by atomic mass is 9.96. The molecule has 3 heterocycles. The van der Waals surface area contributed by atoms with Gasteiger partial charge in [0.15, 0.2) is 18.9 Å². The number of hydrogen-bond acceptors (Lipinski definition) is 18. The fourth-order valence-electron chi connectivity index (χ4n) is 14.4. The molecule has 3 saturated heterocycles. The van der Waals surface area contributed by atoms with Crippen molar-refractivity contribution in [2.45, 2.75) is 433 Å². The average molecular weight is 1560 g/mol. The second kappa shape index (κ2) is 69.7. The average Bonchev–Trinajstić information content (AvgIpc) is 0.795. The third kappa shape index (κ3) is 48.1. The van der Waals surface area contributed by atoms with Crippen molar-refractivity contribution in [2.24, 2.45) is 0 Å². The Bertz CT molecular complexity index is 2410. The third-order valence-corrected chi connectivity index (χ3v) is 21.4. The highest BCUT2D eigenvalue weighted by Crippen LogP contribution is 2.33. The Morgan fingerprint density at radius 3 is 0.982 bits per heavy atom. The summed E-state index contributed by atoms with van der Waals surface area (Å²) < 4.78 is 34.6. The van der Waals surface area contributed by atoms with E-state index in [1.165, 1.54) is 167 Å². The maximum Gasteiger partial charge on any atom is 0.220 e. The summed E-state index contributed by atoms with van der Waals surface area (Å²) in [6.45, 7) is 1.71. The lowest BCUT2D eigenvalue weighted by molar-refractivity contribution is -0.379. The predicted molar refractivity (Wildman–Crippen MR) is 443 cm³/mol. The second-order valence-electron chi connectivity index (χ2n) is 31.0. The quantitative estimate of drug-likeness (QED) is 0.0199. The Hall–Kier alpha value is -3.55. The van der Waals surface area contributed by atoms with Crippen molar-refractivity contribution in [3.8, 4) is 0 Å². The maximum absolute atomic E-state index is 13.5. The molecule has 17 unspecified atom stereocenters. The minimum atomic E-state index is -1.98. The van der Waals surface area contributed by atoms with Crippen molar-refractivity contribution in [3.05, 3.63) is 109 Å². The van der Waals surface area contributed by atoms with Crippen LogP contribution in [0.2, 0.25) is 0 Å². The molecular formula is C91H159NO18. The van der Waals surface area contributed by atoms with Crippen molar-refractivity contribution in [2.75, 3.05) is 26.4 Å². The Morgan fingerprint density at radius 2 is 0.627 bits per heavy atom. The summed E-state index contributed by atoms with van der Waals surface area (Å²) in [4.78, 5) is 13.5. The molecular weight excluding hydrogens is 1390 g/mol. The van der Waals surface area contributed by atoms with Crippen LogP contribution in [-0.2, 0) is 33.2 Å². The number of hydrogen-bond donors (Lipinski definition) is 12. The van der Waals surface area contributed by atoms with Gasteiger partial charge < -0.3 is 89.9 Å². The van der Waals surface area contributed by atoms with E-state index in [1.807, 2.05) is 0 Å². The van der Waals surface area contributed by atoms with Gasteiger partial charge in [-0.2, -0.15) is 0 Å². The van der Waals surface area contributed by atoms with Crippen LogP contribution in [0.15, 0.2) is 109 Å². The van der Waals surface area contributed by atoms with Gasteiger partial charge in [-0.15, -0.1) is 0 Å². The van der Waals surface area contributed by atoms with E-state index in [2.05, 4.69) is 129 Å². The Morgan fingerprint density at radius 1 is 0.336 bits per heavy atom. The summed E-state index contributed by atoms with van der Waals surface area (Å²) in [5.74, 6) is -0.254. The number of ether oxygens (including phenoxy) is 6. The molecule has 0 bridgehead atoms. The van der Waals surface area contributed by atoms with E-state index in [9.17, 15) is 61.0 Å². The lowest BCUT2D eigenvalue weighted by Crippen LogP contribution is -2.66. The van der Waals surface area contributed by atoms with Gasteiger partial charge in [0.05, 0.1) is 38.6 Å². The number of unbranched alkanes of at least 4 members (excludes halogenated alkanes) is 36. The van der Waals surface area contributed by atoms with Gasteiger partial charge in [0, 0.05) is 6.42 Å². The number of nitrogens with one attached hydrogen (secondary N) is 1. The van der Waals surface area contributed by atoms with Gasteiger partial charge in [-0.1, -0.05) is 348 Å². The monoisotopic (exact) mass is 1550 g/mol. The van der Waals surface area contributed by atoms with Crippen LogP contribution in [0, 0.1) is 0 Å². The summed E-state index contributed by atoms with van der Waals surface area (Å²) >= 11 is 0. The first-order valence-corrected chi connectivity index (χ1v) is 44.1. The summed E-state index contributed by atoms with van der Waals surface area (Å²) in [6.07, 6.45) is 70.3. The van der Waals surface area contributed by atoms with E-state index in [4.69, 9.17) is 28.4 Å². The molecule has 12 N–H and O–H groups in total. The van der Waals surface area contributed by atoms with Crippen LogP contribution in [0.25, 0.3) is 0 Å². The van der Waals surface area contributed by atoms with Gasteiger partial charge in [-0.3, -0.25) is 4.79 Å². The van der Waals surface area contributed by atoms with Crippen LogP contribution >= 0.6 is 0 Å². The van der Waals surface area contributed by atoms with Crippen molar-refractivity contribution < 1.29 is 89.4 Å². The molecule has 636 valence electrons. The fourth-order valence-corrected chi connectivity index (χ4v) is 14.4. The number of amides is 1. The molecule has 0 aromatic carbocycles. The summed E-state index contributed by atoms with van der Waals surface area (Å²) in [5.41, 5.74) is 0. The number of carbonyl (C=O) groups excluding carboxylic acids is 1. The topological polar surface area (TPSA) is 307 Å². The normalized spacial score (nSPS) is 25.7. The smallest absolute Gasteiger partial charge is 0.220 e. The molecule has 0 radical (unpaired) electrons. The predicted octanol–water partition coefficient (Wildman–Crippen LogP) is 16.5. The Balaban J connectivity index is 1.35. The standard InChI is InChI=1S/C91H159NO18/c1-3-5-7-9-11-13-15-17-19-21-23-25-27-29-31-33-35-36-37-38-39-41-43-45-47-49-51-53-55-57-59-61-63-65-67-69-79(97)92-74(75(96)68-66-64-62-60-58-56-54-52-50-48-46-44-42-40-34-32-30-28-26-24-22-20-18-16-14-12-10-8-6-4-2)73-105-89-85(103)82(100)87(77(71-94)107-89)110-91-86(104)83(101)88(78(72-95)108-91)109-90-84(102)81(99)80(98)76(70-93)106-90/h5,7,11,13,17,19,23,25,29,31,35-36,38-39,43,45,49,51,74-78,80-91,93-96,98-104H,3-4,6,8-10,12,14-16,18,20-22,24,26-28,30,32-34,37,40-42,44,46-48,50,52-73H2,1-2H3,(H,92,97)/b7-5-,13-11-,19-17-,25-23-,31-29-,36-35-,39-38-,45-43-,51-49-. The molecule has 3 rings (SSSR count). The summed E-state index contributed by atoms with van der Waals surface area (Å²) in [5, 5.41) is 121. The Labute approximate surface area is 665 Å². The van der Waals surface area contributed by atoms with Crippen LogP contribution in [0.4, 0.5) is 0 Å². The highest BCUT2D eigenvalue weighted by atomic mass is 16.8. The first kappa shape index (κ1) is 101. The summed E-state index contributed by atoms with van der Waals surface area (Å²) in [7, 11) is 0. The number of allylic oxidation sites excluding steroid dienone is 18. The number of rotatable bonds is 70. The molecule has 0 aliphatic carbocycles. The van der Waals surface area contributed by atoms with Crippen molar-refractivity contribution >= 4 is 5.91 Å². The molecule has 0 saturated carbocycles. The van der Waals surface area contributed by atoms with Gasteiger partial charge in [0.2, 0.25) is 5.91 Å². The molecule has 3 aliphatic rings. The summed E-state index contributed by atoms with van der Waals surface area (Å²) in [6, 6.07) is -0.904. The third-order valence-electron chi connectivity index (χ3n) is 21.4. The van der Waals surface area contributed by atoms with E-state index >= 15 is 0 Å². The molecule has 0 spiro atoms. The lowest BCUT2D eigenvalue weighted by Gasteiger charge is -2.48. The zero-order valence-electron chi connectivity index (χ0n) is 68.5. The molecule has 110 heavy (non-hydrogen) atoms. The van der Waals surface area contributed by atoms with Crippen LogP contribution in [-0.4, -0.2) is 193 Å². The van der Waals surface area contributed by atoms with Crippen molar-refractivity contribution in [3.63, 3.8) is 0 Å². The van der Waals surface area contributed by atoms with Gasteiger partial charge >= 0.3 is 0 Å². The van der Waals surface area contributed by atoms with Crippen LogP contribution in [0.1, 0.15) is 328 Å². The van der Waals surface area contributed by atoms with Crippen LogP contribution < -0.4 is 5.32 Å². The van der Waals surface area contributed by atoms with Gasteiger partial charge in [0.1, 0.15) is 73.2 Å². The van der Waals surface area contributed by atoms with E-state index in [0.717, 1.165) is 128 Å². The first-order valence-electron chi connectivity index (χ1n) is 44.1. The minimum Gasteiger partial charge on any atom is -0.394 e. The van der Waals surface area contributed by atoms with Gasteiger partial charge in [0.25, 0.3) is 0 Å². The van der Waals surface area contributed by atoms with Gasteiger partial charge in [-0.25, -0.2) is 0 Å². The van der Waals surface area contributed by atoms with E-state index in [-0.39, 0.29) is 18.9 Å². The highest BCUT2D eigenvalue weighted by Gasteiger charge is 2.54. The Kier molecular flexibility index (Phi) is 63.8. The molecule has 0 aromatic rings. The number of aliphatic hydroxyl groups is 11. The zero-order valence-corrected chi connectivity index (χ0v) is 68.5. The maximum atomic E-state index is 13.5. The van der Waals surface area contributed by atoms with Crippen LogP contribution in [0.5, 0.6) is 0 Å². The first-order chi connectivity index (χ1) is 53.8. The zero-order chi connectivity index (χ0) is 79.5. The number of aliphatic hydroxyl groups excluding tert-OH is 11. The highest BCUT2D eigenvalue weighted by molar-refractivity contribution is 5.76. The SMILES string of the molecule is CC/C=C\C/C=C\C/C=C\C/C=C\C/C=C\C/C=C\C/C=C\C/C=C\C/C=C\CCCCCCCCCC(=O)NC(COC1OC(CO)C(OC2OC(CO)C(OC3OC(CO)C(O)C(O)C3O)C(O)C2O)C(O)C1O)C(O)CCCCCCCCCCCCCCCCCCCCCCCCCCCCCCCC. The van der Waals surface area contributed by atoms with Crippen molar-refractivity contribution in [1.29, 1.82) is 0 Å². The second-order valence-corrected chi connectivity index (χ2v) is 31.0. The van der Waals surface area contributed by atoms with E-state index < -0.39 is 124 Å². The molecule has 17 atom stereocenters. The fraction of sp³-hybridized carbons (Fsp3) is 0.791. The van der Waals surface area contributed by atoms with Crippen LogP contribution in [0.3, 0.4) is 0 Å². The largest absolute Gasteiger partial charge is 0.394 e. The van der Waals surface area contributed by atoms with Crippen molar-refractivity contribution in [1.82, 2.24) is 5.32 Å². The molecule has 1 amide bonds. The van der Waals surface area contributed by atoms with E-state index in [0.29, 0.717) is 12.8 Å². The molecule has 19 nitrogen and oxygen atoms in total.